The molecule has 0 bridgehead atoms. The van der Waals surface area contributed by atoms with Gasteiger partial charge in [0.1, 0.15) is 0 Å². The Morgan fingerprint density at radius 2 is 1.83 bits per heavy atom. The van der Waals surface area contributed by atoms with Crippen LogP contribution in [-0.4, -0.2) is 36.1 Å². The quantitative estimate of drug-likeness (QED) is 0.765. The van der Waals surface area contributed by atoms with Gasteiger partial charge in [-0.1, -0.05) is 36.4 Å². The van der Waals surface area contributed by atoms with Gasteiger partial charge in [0.25, 0.3) is 0 Å². The van der Waals surface area contributed by atoms with Crippen LogP contribution in [-0.2, 0) is 13.0 Å². The first-order chi connectivity index (χ1) is 10.8. The van der Waals surface area contributed by atoms with Gasteiger partial charge in [0.05, 0.1) is 12.3 Å². The minimum atomic E-state index is 0. The number of benzene rings is 1. The average Bonchev–Trinajstić information content (AvgIpc) is 2.54. The highest BCUT2D eigenvalue weighted by Crippen LogP contribution is 2.10. The van der Waals surface area contributed by atoms with Crippen LogP contribution in [0.3, 0.4) is 0 Å². The number of hydrogen-bond acceptors (Lipinski definition) is 4. The second-order valence-corrected chi connectivity index (χ2v) is 5.20. The molecule has 126 valence electrons. The Morgan fingerprint density at radius 1 is 1.04 bits per heavy atom. The van der Waals surface area contributed by atoms with Gasteiger partial charge < -0.3 is 10.5 Å². The number of aromatic nitrogens is 1. The standard InChI is InChI=1S/C18H25N3O.ClH/c1-2-22-18-10-6-9-17(20-18)15-21(14-12-19)13-11-16-7-4-3-5-8-16;/h3-10H,2,11-15,19H2,1H3;1H. The molecule has 0 aliphatic rings. The van der Waals surface area contributed by atoms with Crippen LogP contribution in [0.2, 0.25) is 0 Å². The minimum absolute atomic E-state index is 0. The van der Waals surface area contributed by atoms with E-state index in [2.05, 4.69) is 34.1 Å². The summed E-state index contributed by atoms with van der Waals surface area (Å²) < 4.78 is 5.46. The fraction of sp³-hybridized carbons (Fsp3) is 0.389. The Kier molecular flexibility index (Phi) is 9.29. The molecule has 0 saturated heterocycles. The minimum Gasteiger partial charge on any atom is -0.478 e. The summed E-state index contributed by atoms with van der Waals surface area (Å²) >= 11 is 0. The third-order valence-electron chi connectivity index (χ3n) is 3.46. The van der Waals surface area contributed by atoms with Gasteiger partial charge in [0, 0.05) is 32.2 Å². The van der Waals surface area contributed by atoms with Gasteiger partial charge in [-0.05, 0) is 25.0 Å². The molecule has 0 atom stereocenters. The molecule has 0 fully saturated rings. The van der Waals surface area contributed by atoms with E-state index in [1.807, 2.05) is 31.2 Å². The zero-order valence-corrected chi connectivity index (χ0v) is 14.5. The van der Waals surface area contributed by atoms with Crippen LogP contribution in [0.25, 0.3) is 0 Å². The van der Waals surface area contributed by atoms with Crippen molar-refractivity contribution >= 4 is 12.4 Å². The summed E-state index contributed by atoms with van der Waals surface area (Å²) in [6.07, 6.45) is 1.02. The van der Waals surface area contributed by atoms with Gasteiger partial charge in [-0.15, -0.1) is 12.4 Å². The predicted octanol–water partition coefficient (Wildman–Crippen LogP) is 2.91. The number of ether oxygens (including phenoxy) is 1. The van der Waals surface area contributed by atoms with E-state index < -0.39 is 0 Å². The third-order valence-corrected chi connectivity index (χ3v) is 3.46. The van der Waals surface area contributed by atoms with Crippen molar-refractivity contribution in [2.75, 3.05) is 26.2 Å². The fourth-order valence-electron chi connectivity index (χ4n) is 2.39. The van der Waals surface area contributed by atoms with Gasteiger partial charge in [-0.2, -0.15) is 0 Å². The topological polar surface area (TPSA) is 51.4 Å². The van der Waals surface area contributed by atoms with Gasteiger partial charge in [-0.3, -0.25) is 4.90 Å². The molecule has 2 rings (SSSR count). The Labute approximate surface area is 145 Å². The van der Waals surface area contributed by atoms with Gasteiger partial charge in [0.2, 0.25) is 5.88 Å². The van der Waals surface area contributed by atoms with Crippen LogP contribution in [0.5, 0.6) is 5.88 Å². The Hall–Kier alpha value is -1.62. The molecule has 4 nitrogen and oxygen atoms in total. The summed E-state index contributed by atoms with van der Waals surface area (Å²) in [6.45, 7) is 5.89. The lowest BCUT2D eigenvalue weighted by Crippen LogP contribution is -2.31. The number of rotatable bonds is 9. The number of nitrogens with zero attached hydrogens (tertiary/aromatic N) is 2. The third kappa shape index (κ3) is 6.99. The van der Waals surface area contributed by atoms with Crippen molar-refractivity contribution in [1.82, 2.24) is 9.88 Å². The van der Waals surface area contributed by atoms with E-state index in [0.29, 0.717) is 19.0 Å². The number of nitrogens with two attached hydrogens (primary N) is 1. The molecule has 0 radical (unpaired) electrons. The van der Waals surface area contributed by atoms with Crippen LogP contribution in [0, 0.1) is 0 Å². The first-order valence-electron chi connectivity index (χ1n) is 7.87. The average molecular weight is 336 g/mol. The largest absolute Gasteiger partial charge is 0.478 e. The Bertz CT molecular complexity index is 551. The highest BCUT2D eigenvalue weighted by molar-refractivity contribution is 5.85. The molecule has 0 unspecified atom stereocenters. The van der Waals surface area contributed by atoms with Crippen molar-refractivity contribution < 1.29 is 4.74 Å². The predicted molar refractivity (Wildman–Crippen MR) is 97.1 cm³/mol. The normalized spacial score (nSPS) is 10.4. The highest BCUT2D eigenvalue weighted by Gasteiger charge is 2.07. The zero-order chi connectivity index (χ0) is 15.6. The Morgan fingerprint density at radius 3 is 2.52 bits per heavy atom. The molecular weight excluding hydrogens is 310 g/mol. The van der Waals surface area contributed by atoms with Crippen LogP contribution in [0.15, 0.2) is 48.5 Å². The second kappa shape index (κ2) is 11.0. The summed E-state index contributed by atoms with van der Waals surface area (Å²) in [7, 11) is 0. The van der Waals surface area contributed by atoms with Crippen LogP contribution < -0.4 is 10.5 Å². The molecule has 1 aromatic carbocycles. The summed E-state index contributed by atoms with van der Waals surface area (Å²) in [6, 6.07) is 16.4. The molecule has 0 saturated carbocycles. The Balaban J connectivity index is 0.00000264. The molecular formula is C18H26ClN3O. The summed E-state index contributed by atoms with van der Waals surface area (Å²) in [5, 5.41) is 0. The molecule has 0 spiro atoms. The van der Waals surface area contributed by atoms with Crippen molar-refractivity contribution in [3.63, 3.8) is 0 Å². The van der Waals surface area contributed by atoms with Gasteiger partial charge >= 0.3 is 0 Å². The first-order valence-corrected chi connectivity index (χ1v) is 7.87. The van der Waals surface area contributed by atoms with Crippen molar-refractivity contribution in [2.24, 2.45) is 5.73 Å². The van der Waals surface area contributed by atoms with E-state index in [-0.39, 0.29) is 12.4 Å². The lowest BCUT2D eigenvalue weighted by molar-refractivity contribution is 0.270. The zero-order valence-electron chi connectivity index (χ0n) is 13.6. The van der Waals surface area contributed by atoms with Crippen LogP contribution >= 0.6 is 12.4 Å². The molecule has 0 amide bonds. The van der Waals surface area contributed by atoms with Crippen LogP contribution in [0.1, 0.15) is 18.2 Å². The highest BCUT2D eigenvalue weighted by atomic mass is 35.5. The van der Waals surface area contributed by atoms with Crippen LogP contribution in [0.4, 0.5) is 0 Å². The van der Waals surface area contributed by atoms with E-state index in [1.165, 1.54) is 5.56 Å². The van der Waals surface area contributed by atoms with E-state index >= 15 is 0 Å². The number of pyridine rings is 1. The second-order valence-electron chi connectivity index (χ2n) is 5.20. The van der Waals surface area contributed by atoms with E-state index in [0.717, 1.165) is 31.7 Å². The smallest absolute Gasteiger partial charge is 0.213 e. The molecule has 2 aromatic rings. The molecule has 0 aliphatic carbocycles. The molecule has 5 heteroatoms. The van der Waals surface area contributed by atoms with Gasteiger partial charge in [-0.25, -0.2) is 4.98 Å². The number of hydrogen-bond donors (Lipinski definition) is 1. The van der Waals surface area contributed by atoms with E-state index in [1.54, 1.807) is 0 Å². The lowest BCUT2D eigenvalue weighted by atomic mass is 10.1. The molecule has 1 heterocycles. The van der Waals surface area contributed by atoms with Gasteiger partial charge in [0.15, 0.2) is 0 Å². The molecule has 0 aliphatic heterocycles. The molecule has 23 heavy (non-hydrogen) atoms. The number of halogens is 1. The maximum absolute atomic E-state index is 5.74. The maximum atomic E-state index is 5.74. The fourth-order valence-corrected chi connectivity index (χ4v) is 2.39. The maximum Gasteiger partial charge on any atom is 0.213 e. The van der Waals surface area contributed by atoms with E-state index in [4.69, 9.17) is 10.5 Å². The molecule has 2 N–H and O–H groups in total. The van der Waals surface area contributed by atoms with Crippen molar-refractivity contribution in [3.05, 3.63) is 59.8 Å². The van der Waals surface area contributed by atoms with Crippen molar-refractivity contribution in [3.8, 4) is 5.88 Å². The first kappa shape index (κ1) is 19.4. The monoisotopic (exact) mass is 335 g/mol. The van der Waals surface area contributed by atoms with Crippen molar-refractivity contribution in [2.45, 2.75) is 19.9 Å². The molecule has 1 aromatic heterocycles. The SMILES string of the molecule is CCOc1cccc(CN(CCN)CCc2ccccc2)n1.Cl. The summed E-state index contributed by atoms with van der Waals surface area (Å²) in [5.74, 6) is 0.691. The summed E-state index contributed by atoms with van der Waals surface area (Å²) in [5.41, 5.74) is 8.11. The van der Waals surface area contributed by atoms with Crippen molar-refractivity contribution in [1.29, 1.82) is 0 Å². The lowest BCUT2D eigenvalue weighted by Gasteiger charge is -2.21. The summed E-state index contributed by atoms with van der Waals surface area (Å²) in [4.78, 5) is 6.87. The van der Waals surface area contributed by atoms with E-state index in [9.17, 15) is 0 Å².